The molecule has 0 amide bonds. The van der Waals surface area contributed by atoms with E-state index >= 15 is 0 Å². The van der Waals surface area contributed by atoms with E-state index in [4.69, 9.17) is 5.11 Å². The van der Waals surface area contributed by atoms with Gasteiger partial charge in [-0.3, -0.25) is 0 Å². The molecule has 0 spiro atoms. The molecule has 1 unspecified atom stereocenters. The lowest BCUT2D eigenvalue weighted by molar-refractivity contribution is 0.0697. The van der Waals surface area contributed by atoms with Crippen LogP contribution < -0.4 is 4.90 Å². The molecule has 1 aromatic rings. The van der Waals surface area contributed by atoms with Crippen molar-refractivity contribution in [2.45, 2.75) is 26.3 Å². The van der Waals surface area contributed by atoms with Crippen LogP contribution in [0.15, 0.2) is 18.2 Å². The smallest absolute Gasteiger partial charge is 0.337 e. The number of anilines is 1. The highest BCUT2D eigenvalue weighted by atomic mass is 16.4. The average molecular weight is 205 g/mol. The molecule has 1 fully saturated rings. The summed E-state index contributed by atoms with van der Waals surface area (Å²) in [4.78, 5) is 13.2. The fraction of sp³-hybridized carbons (Fsp3) is 0.417. The molecule has 1 aliphatic rings. The minimum atomic E-state index is -0.840. The van der Waals surface area contributed by atoms with Crippen LogP contribution >= 0.6 is 0 Å². The zero-order chi connectivity index (χ0) is 11.0. The molecule has 3 heteroatoms. The molecule has 0 aliphatic carbocycles. The maximum Gasteiger partial charge on any atom is 0.337 e. The molecule has 0 aromatic heterocycles. The van der Waals surface area contributed by atoms with Crippen LogP contribution in [0.4, 0.5) is 5.69 Å². The largest absolute Gasteiger partial charge is 0.478 e. The van der Waals surface area contributed by atoms with E-state index in [1.807, 2.05) is 19.1 Å². The normalized spacial score (nSPS) is 19.9. The van der Waals surface area contributed by atoms with Crippen molar-refractivity contribution >= 4 is 11.7 Å². The number of aryl methyl sites for hydroxylation is 1. The Morgan fingerprint density at radius 3 is 2.73 bits per heavy atom. The highest BCUT2D eigenvalue weighted by Gasteiger charge is 2.27. The van der Waals surface area contributed by atoms with Crippen molar-refractivity contribution in [2.24, 2.45) is 0 Å². The molecule has 1 aromatic carbocycles. The van der Waals surface area contributed by atoms with Gasteiger partial charge in [-0.15, -0.1) is 0 Å². The van der Waals surface area contributed by atoms with Crippen LogP contribution in [0.5, 0.6) is 0 Å². The van der Waals surface area contributed by atoms with Gasteiger partial charge in [0.15, 0.2) is 0 Å². The van der Waals surface area contributed by atoms with Crippen LogP contribution in [0.25, 0.3) is 0 Å². The molecule has 1 aliphatic heterocycles. The topological polar surface area (TPSA) is 40.5 Å². The predicted molar refractivity (Wildman–Crippen MR) is 59.6 cm³/mol. The number of carboxylic acids is 1. The molecule has 80 valence electrons. The summed E-state index contributed by atoms with van der Waals surface area (Å²) in [6.45, 7) is 5.00. The second-order valence-corrected chi connectivity index (χ2v) is 4.16. The Morgan fingerprint density at radius 2 is 2.27 bits per heavy atom. The SMILES string of the molecule is Cc1ccc(N2CCC2C)c(C(=O)O)c1. The Bertz CT molecular complexity index is 401. The summed E-state index contributed by atoms with van der Waals surface area (Å²) >= 11 is 0. The molecular formula is C12H15NO2. The Kier molecular flexibility index (Phi) is 2.39. The van der Waals surface area contributed by atoms with Gasteiger partial charge in [0.25, 0.3) is 0 Å². The van der Waals surface area contributed by atoms with Crippen LogP contribution in [0.2, 0.25) is 0 Å². The second kappa shape index (κ2) is 3.57. The molecule has 15 heavy (non-hydrogen) atoms. The van der Waals surface area contributed by atoms with Gasteiger partial charge in [0, 0.05) is 12.6 Å². The van der Waals surface area contributed by atoms with Crippen molar-refractivity contribution in [2.75, 3.05) is 11.4 Å². The number of carbonyl (C=O) groups is 1. The minimum Gasteiger partial charge on any atom is -0.478 e. The van der Waals surface area contributed by atoms with Gasteiger partial charge in [0.1, 0.15) is 0 Å². The number of hydrogen-bond acceptors (Lipinski definition) is 2. The van der Waals surface area contributed by atoms with Gasteiger partial charge in [-0.25, -0.2) is 4.79 Å². The van der Waals surface area contributed by atoms with E-state index < -0.39 is 5.97 Å². The summed E-state index contributed by atoms with van der Waals surface area (Å²) in [6, 6.07) is 6.08. The highest BCUT2D eigenvalue weighted by Crippen LogP contribution is 2.30. The molecule has 1 heterocycles. The number of carboxylic acid groups (broad SMARTS) is 1. The van der Waals surface area contributed by atoms with Crippen molar-refractivity contribution in [1.29, 1.82) is 0 Å². The van der Waals surface area contributed by atoms with E-state index in [0.717, 1.165) is 24.2 Å². The summed E-state index contributed by atoms with van der Waals surface area (Å²) in [5, 5.41) is 9.12. The van der Waals surface area contributed by atoms with E-state index in [-0.39, 0.29) is 0 Å². The Hall–Kier alpha value is -1.51. The molecule has 0 saturated carbocycles. The maximum absolute atomic E-state index is 11.1. The minimum absolute atomic E-state index is 0.418. The summed E-state index contributed by atoms with van der Waals surface area (Å²) in [5.41, 5.74) is 2.26. The van der Waals surface area contributed by atoms with Crippen LogP contribution in [0.3, 0.4) is 0 Å². The Morgan fingerprint density at radius 1 is 1.53 bits per heavy atom. The second-order valence-electron chi connectivity index (χ2n) is 4.16. The van der Waals surface area contributed by atoms with Gasteiger partial charge in [0.05, 0.1) is 11.3 Å². The van der Waals surface area contributed by atoms with E-state index in [2.05, 4.69) is 11.8 Å². The average Bonchev–Trinajstić information content (AvgIpc) is 2.18. The number of rotatable bonds is 2. The molecular weight excluding hydrogens is 190 g/mol. The molecule has 1 atom stereocenters. The number of aromatic carboxylic acids is 1. The quantitative estimate of drug-likeness (QED) is 0.805. The lowest BCUT2D eigenvalue weighted by atomic mass is 10.0. The standard InChI is InChI=1S/C12H15NO2/c1-8-3-4-11(10(7-8)12(14)15)13-6-5-9(13)2/h3-4,7,9H,5-6H2,1-2H3,(H,14,15). The summed E-state index contributed by atoms with van der Waals surface area (Å²) in [6.07, 6.45) is 1.15. The van der Waals surface area contributed by atoms with E-state index in [1.165, 1.54) is 0 Å². The van der Waals surface area contributed by atoms with Gasteiger partial charge in [-0.1, -0.05) is 11.6 Å². The van der Waals surface area contributed by atoms with Crippen molar-refractivity contribution < 1.29 is 9.90 Å². The van der Waals surface area contributed by atoms with Crippen molar-refractivity contribution in [3.8, 4) is 0 Å². The van der Waals surface area contributed by atoms with Crippen LogP contribution in [-0.2, 0) is 0 Å². The van der Waals surface area contributed by atoms with Crippen LogP contribution in [0, 0.1) is 6.92 Å². The zero-order valence-corrected chi connectivity index (χ0v) is 9.03. The molecule has 2 rings (SSSR count). The van der Waals surface area contributed by atoms with Crippen LogP contribution in [0.1, 0.15) is 29.3 Å². The first kappa shape index (κ1) is 10.0. The molecule has 1 saturated heterocycles. The lowest BCUT2D eigenvalue weighted by Gasteiger charge is -2.41. The van der Waals surface area contributed by atoms with E-state index in [0.29, 0.717) is 11.6 Å². The van der Waals surface area contributed by atoms with Crippen molar-refractivity contribution in [3.05, 3.63) is 29.3 Å². The lowest BCUT2D eigenvalue weighted by Crippen LogP contribution is -2.46. The van der Waals surface area contributed by atoms with Crippen molar-refractivity contribution in [1.82, 2.24) is 0 Å². The summed E-state index contributed by atoms with van der Waals surface area (Å²) in [7, 11) is 0. The third-order valence-electron chi connectivity index (χ3n) is 3.01. The third kappa shape index (κ3) is 1.69. The van der Waals surface area contributed by atoms with Gasteiger partial charge in [-0.05, 0) is 32.4 Å². The van der Waals surface area contributed by atoms with Crippen molar-refractivity contribution in [3.63, 3.8) is 0 Å². The summed E-state index contributed by atoms with van der Waals surface area (Å²) < 4.78 is 0. The Labute approximate surface area is 89.3 Å². The van der Waals surface area contributed by atoms with Gasteiger partial charge >= 0.3 is 5.97 Å². The van der Waals surface area contributed by atoms with Crippen LogP contribution in [-0.4, -0.2) is 23.7 Å². The summed E-state index contributed by atoms with van der Waals surface area (Å²) in [5.74, 6) is -0.840. The maximum atomic E-state index is 11.1. The first-order valence-electron chi connectivity index (χ1n) is 5.20. The zero-order valence-electron chi connectivity index (χ0n) is 9.03. The molecule has 0 radical (unpaired) electrons. The fourth-order valence-corrected chi connectivity index (χ4v) is 1.95. The van der Waals surface area contributed by atoms with E-state index in [1.54, 1.807) is 6.07 Å². The van der Waals surface area contributed by atoms with Gasteiger partial charge in [0.2, 0.25) is 0 Å². The Balaban J connectivity index is 2.41. The molecule has 1 N–H and O–H groups in total. The van der Waals surface area contributed by atoms with Gasteiger partial charge in [-0.2, -0.15) is 0 Å². The first-order chi connectivity index (χ1) is 7.09. The number of nitrogens with zero attached hydrogens (tertiary/aromatic N) is 1. The monoisotopic (exact) mass is 205 g/mol. The molecule has 0 bridgehead atoms. The van der Waals surface area contributed by atoms with Gasteiger partial charge < -0.3 is 10.0 Å². The highest BCUT2D eigenvalue weighted by molar-refractivity contribution is 5.95. The fourth-order valence-electron chi connectivity index (χ4n) is 1.95. The predicted octanol–water partition coefficient (Wildman–Crippen LogP) is 2.29. The molecule has 3 nitrogen and oxygen atoms in total. The first-order valence-corrected chi connectivity index (χ1v) is 5.20. The number of hydrogen-bond donors (Lipinski definition) is 1. The third-order valence-corrected chi connectivity index (χ3v) is 3.01. The van der Waals surface area contributed by atoms with E-state index in [9.17, 15) is 4.79 Å². The number of benzene rings is 1.